The molecule has 0 unspecified atom stereocenters. The van der Waals surface area contributed by atoms with Gasteiger partial charge in [0.05, 0.1) is 0 Å². The fraction of sp³-hybridized carbons (Fsp3) is 0.609. The lowest BCUT2D eigenvalue weighted by Gasteiger charge is -2.32. The van der Waals surface area contributed by atoms with Crippen LogP contribution in [0.15, 0.2) is 30.3 Å². The zero-order valence-corrected chi connectivity index (χ0v) is 17.7. The van der Waals surface area contributed by atoms with Crippen molar-refractivity contribution in [2.75, 3.05) is 32.8 Å². The van der Waals surface area contributed by atoms with Gasteiger partial charge in [-0.3, -0.25) is 9.69 Å². The molecule has 1 aliphatic heterocycles. The summed E-state index contributed by atoms with van der Waals surface area (Å²) >= 11 is 5.99. The van der Waals surface area contributed by atoms with Crippen molar-refractivity contribution < 1.29 is 9.53 Å². The molecule has 1 aromatic rings. The highest BCUT2D eigenvalue weighted by Crippen LogP contribution is 2.28. The predicted molar refractivity (Wildman–Crippen MR) is 115 cm³/mol. The van der Waals surface area contributed by atoms with E-state index in [9.17, 15) is 4.79 Å². The molecule has 1 aliphatic carbocycles. The molecule has 0 bridgehead atoms. The Kier molecular flexibility index (Phi) is 8.38. The molecule has 4 nitrogen and oxygen atoms in total. The van der Waals surface area contributed by atoms with Crippen molar-refractivity contribution in [2.45, 2.75) is 51.5 Å². The Morgan fingerprint density at radius 1 is 1.21 bits per heavy atom. The summed E-state index contributed by atoms with van der Waals surface area (Å²) in [5.41, 5.74) is 2.74. The summed E-state index contributed by atoms with van der Waals surface area (Å²) in [6, 6.07) is 8.52. The maximum absolute atomic E-state index is 11.8. The van der Waals surface area contributed by atoms with Gasteiger partial charge in [-0.1, -0.05) is 29.8 Å². The number of hydrogen-bond donors (Lipinski definition) is 1. The highest BCUT2D eigenvalue weighted by atomic mass is 35.5. The molecule has 2 aliphatic rings. The van der Waals surface area contributed by atoms with Gasteiger partial charge in [0.15, 0.2) is 0 Å². The Morgan fingerprint density at radius 2 is 1.96 bits per heavy atom. The topological polar surface area (TPSA) is 41.6 Å². The Morgan fingerprint density at radius 3 is 2.61 bits per heavy atom. The zero-order chi connectivity index (χ0) is 19.8. The second-order valence-electron chi connectivity index (χ2n) is 8.00. The first kappa shape index (κ1) is 21.4. The SMILES string of the molecule is CCOCC(=O)NC1CCC(CCN2CC=C(c3ccc(Cl)cc3)CC2)CC1. The van der Waals surface area contributed by atoms with Gasteiger partial charge in [-0.2, -0.15) is 0 Å². The normalized spacial score (nSPS) is 23.3. The summed E-state index contributed by atoms with van der Waals surface area (Å²) in [7, 11) is 0. The molecule has 3 rings (SSSR count). The molecule has 1 heterocycles. The van der Waals surface area contributed by atoms with E-state index in [1.54, 1.807) is 0 Å². The molecule has 28 heavy (non-hydrogen) atoms. The van der Waals surface area contributed by atoms with Crippen LogP contribution in [0.25, 0.3) is 5.57 Å². The van der Waals surface area contributed by atoms with Crippen LogP contribution in [-0.2, 0) is 9.53 Å². The number of benzene rings is 1. The summed E-state index contributed by atoms with van der Waals surface area (Å²) in [6.45, 7) is 6.05. The maximum atomic E-state index is 11.8. The Hall–Kier alpha value is -1.36. The van der Waals surface area contributed by atoms with Crippen molar-refractivity contribution in [3.05, 3.63) is 40.9 Å². The molecule has 154 valence electrons. The molecular weight excluding hydrogens is 372 g/mol. The molecule has 1 amide bonds. The van der Waals surface area contributed by atoms with E-state index in [4.69, 9.17) is 16.3 Å². The standard InChI is InChI=1S/C23H33ClN2O2/c1-2-28-17-23(27)25-22-9-3-18(4-10-22)11-14-26-15-12-20(13-16-26)19-5-7-21(24)8-6-19/h5-8,12,18,22H,2-4,9-11,13-17H2,1H3,(H,25,27). The van der Waals surface area contributed by atoms with E-state index in [-0.39, 0.29) is 12.5 Å². The van der Waals surface area contributed by atoms with Crippen molar-refractivity contribution in [3.8, 4) is 0 Å². The number of nitrogens with zero attached hydrogens (tertiary/aromatic N) is 1. The van der Waals surface area contributed by atoms with E-state index >= 15 is 0 Å². The Balaban J connectivity index is 1.34. The first-order valence-electron chi connectivity index (χ1n) is 10.7. The van der Waals surface area contributed by atoms with Gasteiger partial charge in [0.2, 0.25) is 5.91 Å². The van der Waals surface area contributed by atoms with Crippen molar-refractivity contribution in [3.63, 3.8) is 0 Å². The van der Waals surface area contributed by atoms with Crippen molar-refractivity contribution >= 4 is 23.1 Å². The predicted octanol–water partition coefficient (Wildman–Crippen LogP) is 4.53. The average molecular weight is 405 g/mol. The average Bonchev–Trinajstić information content (AvgIpc) is 2.73. The molecule has 0 saturated heterocycles. The number of rotatable bonds is 8. The van der Waals surface area contributed by atoms with Gasteiger partial charge in [0, 0.05) is 30.8 Å². The van der Waals surface area contributed by atoms with Crippen LogP contribution in [0, 0.1) is 5.92 Å². The van der Waals surface area contributed by atoms with Crippen LogP contribution in [0.5, 0.6) is 0 Å². The van der Waals surface area contributed by atoms with Crippen LogP contribution in [0.2, 0.25) is 5.02 Å². The minimum atomic E-state index is 0.0295. The third-order valence-corrected chi connectivity index (χ3v) is 6.26. The molecular formula is C23H33ClN2O2. The number of hydrogen-bond acceptors (Lipinski definition) is 3. The quantitative estimate of drug-likeness (QED) is 0.692. The summed E-state index contributed by atoms with van der Waals surface area (Å²) in [6.07, 6.45) is 9.40. The third-order valence-electron chi connectivity index (χ3n) is 6.01. The minimum absolute atomic E-state index is 0.0295. The van der Waals surface area contributed by atoms with Crippen LogP contribution in [0.1, 0.15) is 51.0 Å². The number of carbonyl (C=O) groups is 1. The summed E-state index contributed by atoms with van der Waals surface area (Å²) in [4.78, 5) is 14.3. The zero-order valence-electron chi connectivity index (χ0n) is 17.0. The van der Waals surface area contributed by atoms with Gasteiger partial charge in [-0.15, -0.1) is 0 Å². The molecule has 0 atom stereocenters. The third kappa shape index (κ3) is 6.61. The van der Waals surface area contributed by atoms with E-state index in [1.165, 1.54) is 36.9 Å². The molecule has 0 aromatic heterocycles. The van der Waals surface area contributed by atoms with Crippen LogP contribution >= 0.6 is 11.6 Å². The highest BCUT2D eigenvalue weighted by molar-refractivity contribution is 6.30. The molecule has 1 aromatic carbocycles. The highest BCUT2D eigenvalue weighted by Gasteiger charge is 2.23. The van der Waals surface area contributed by atoms with E-state index in [0.29, 0.717) is 12.6 Å². The first-order chi connectivity index (χ1) is 13.6. The second kappa shape index (κ2) is 11.0. The number of amides is 1. The fourth-order valence-corrected chi connectivity index (χ4v) is 4.39. The van der Waals surface area contributed by atoms with Crippen molar-refractivity contribution in [1.82, 2.24) is 10.2 Å². The number of halogens is 1. The number of nitrogens with one attached hydrogen (secondary N) is 1. The van der Waals surface area contributed by atoms with Gasteiger partial charge in [-0.05, 0) is 81.2 Å². The summed E-state index contributed by atoms with van der Waals surface area (Å²) < 4.78 is 5.18. The second-order valence-corrected chi connectivity index (χ2v) is 8.43. The minimum Gasteiger partial charge on any atom is -0.372 e. The Bertz CT molecular complexity index is 651. The van der Waals surface area contributed by atoms with Crippen LogP contribution in [-0.4, -0.2) is 49.7 Å². The maximum Gasteiger partial charge on any atom is 0.246 e. The van der Waals surface area contributed by atoms with E-state index in [1.807, 2.05) is 19.1 Å². The van der Waals surface area contributed by atoms with Crippen molar-refractivity contribution in [2.24, 2.45) is 5.92 Å². The molecule has 1 saturated carbocycles. The Labute approximate surface area is 174 Å². The molecule has 1 N–H and O–H groups in total. The molecule has 1 fully saturated rings. The molecule has 0 radical (unpaired) electrons. The number of ether oxygens (including phenoxy) is 1. The first-order valence-corrected chi connectivity index (χ1v) is 11.1. The van der Waals surface area contributed by atoms with Crippen LogP contribution in [0.3, 0.4) is 0 Å². The molecule has 5 heteroatoms. The van der Waals surface area contributed by atoms with E-state index in [2.05, 4.69) is 28.4 Å². The fourth-order valence-electron chi connectivity index (χ4n) is 4.27. The van der Waals surface area contributed by atoms with Crippen molar-refractivity contribution in [1.29, 1.82) is 0 Å². The number of carbonyl (C=O) groups excluding carboxylic acids is 1. The van der Waals surface area contributed by atoms with Gasteiger partial charge < -0.3 is 10.1 Å². The van der Waals surface area contributed by atoms with Crippen LogP contribution < -0.4 is 5.32 Å². The van der Waals surface area contributed by atoms with Crippen LogP contribution in [0.4, 0.5) is 0 Å². The summed E-state index contributed by atoms with van der Waals surface area (Å²) in [5.74, 6) is 0.823. The van der Waals surface area contributed by atoms with E-state index < -0.39 is 0 Å². The van der Waals surface area contributed by atoms with Gasteiger partial charge in [-0.25, -0.2) is 0 Å². The lowest BCUT2D eigenvalue weighted by Crippen LogP contribution is -2.40. The largest absolute Gasteiger partial charge is 0.372 e. The van der Waals surface area contributed by atoms with Gasteiger partial charge in [0.25, 0.3) is 0 Å². The lowest BCUT2D eigenvalue weighted by atomic mass is 9.84. The monoisotopic (exact) mass is 404 g/mol. The summed E-state index contributed by atoms with van der Waals surface area (Å²) in [5, 5.41) is 3.91. The van der Waals surface area contributed by atoms with E-state index in [0.717, 1.165) is 43.3 Å². The van der Waals surface area contributed by atoms with Gasteiger partial charge >= 0.3 is 0 Å². The molecule has 0 spiro atoms. The lowest BCUT2D eigenvalue weighted by molar-refractivity contribution is -0.126. The smallest absolute Gasteiger partial charge is 0.246 e. The van der Waals surface area contributed by atoms with Gasteiger partial charge in [0.1, 0.15) is 6.61 Å².